The first kappa shape index (κ1) is 13.7. The fraction of sp³-hybridized carbons (Fsp3) is 0.462. The van der Waals surface area contributed by atoms with Crippen molar-refractivity contribution in [3.8, 4) is 0 Å². The van der Waals surface area contributed by atoms with Crippen molar-refractivity contribution in [1.29, 1.82) is 0 Å². The monoisotopic (exact) mass is 237 g/mol. The highest BCUT2D eigenvalue weighted by Crippen LogP contribution is 2.29. The number of amides is 1. The van der Waals surface area contributed by atoms with Crippen molar-refractivity contribution < 1.29 is 14.3 Å². The molecule has 1 N–H and O–H groups in total. The van der Waals surface area contributed by atoms with E-state index in [1.165, 1.54) is 6.92 Å². The Labute approximate surface area is 102 Å². The van der Waals surface area contributed by atoms with Gasteiger partial charge in [0.05, 0.1) is 0 Å². The van der Waals surface area contributed by atoms with Gasteiger partial charge in [0.25, 0.3) is 0 Å². The van der Waals surface area contributed by atoms with Crippen molar-refractivity contribution in [1.82, 2.24) is 5.32 Å². The van der Waals surface area contributed by atoms with E-state index in [0.29, 0.717) is 13.0 Å². The number of hydrogen-bond acceptors (Lipinski definition) is 3. The number of rotatable bonds is 6. The molecule has 0 atom stereocenters. The Hall–Kier alpha value is -1.39. The van der Waals surface area contributed by atoms with Crippen LogP contribution in [0.5, 0.6) is 0 Å². The summed E-state index contributed by atoms with van der Waals surface area (Å²) < 4.78 is 11.0. The highest BCUT2D eigenvalue weighted by molar-refractivity contribution is 5.72. The summed E-state index contributed by atoms with van der Waals surface area (Å²) in [7, 11) is 3.20. The fourth-order valence-corrected chi connectivity index (χ4v) is 1.76. The van der Waals surface area contributed by atoms with Crippen molar-refractivity contribution in [3.05, 3.63) is 35.9 Å². The molecule has 1 amide bonds. The van der Waals surface area contributed by atoms with Gasteiger partial charge in [-0.2, -0.15) is 0 Å². The smallest absolute Gasteiger partial charge is 0.216 e. The van der Waals surface area contributed by atoms with Crippen molar-refractivity contribution in [2.75, 3.05) is 20.8 Å². The largest absolute Gasteiger partial charge is 0.356 e. The third kappa shape index (κ3) is 3.54. The predicted octanol–water partition coefficient (Wildman–Crippen LogP) is 1.66. The van der Waals surface area contributed by atoms with Crippen molar-refractivity contribution >= 4 is 5.91 Å². The molecule has 1 aromatic carbocycles. The molecule has 0 aliphatic rings. The quantitative estimate of drug-likeness (QED) is 0.765. The molecule has 1 rings (SSSR count). The lowest BCUT2D eigenvalue weighted by atomic mass is 10.0. The summed E-state index contributed by atoms with van der Waals surface area (Å²) in [6.45, 7) is 2.00. The second-order valence-electron chi connectivity index (χ2n) is 3.76. The van der Waals surface area contributed by atoms with Gasteiger partial charge in [0.15, 0.2) is 5.79 Å². The lowest BCUT2D eigenvalue weighted by molar-refractivity contribution is -0.219. The summed E-state index contributed by atoms with van der Waals surface area (Å²) in [6, 6.07) is 9.69. The van der Waals surface area contributed by atoms with Crippen LogP contribution in [0.25, 0.3) is 0 Å². The molecule has 0 aliphatic heterocycles. The molecule has 0 heterocycles. The third-order valence-corrected chi connectivity index (χ3v) is 2.70. The highest BCUT2D eigenvalue weighted by atomic mass is 16.7. The Morgan fingerprint density at radius 3 is 2.29 bits per heavy atom. The van der Waals surface area contributed by atoms with E-state index < -0.39 is 5.79 Å². The SMILES string of the molecule is COC(CCNC(C)=O)(OC)c1ccccc1. The van der Waals surface area contributed by atoms with Gasteiger partial charge in [-0.15, -0.1) is 0 Å². The van der Waals surface area contributed by atoms with E-state index in [1.807, 2.05) is 30.3 Å². The summed E-state index contributed by atoms with van der Waals surface area (Å²) in [6.07, 6.45) is 0.559. The Morgan fingerprint density at radius 2 is 1.82 bits per heavy atom. The molecule has 4 heteroatoms. The molecule has 0 aromatic heterocycles. The maximum atomic E-state index is 10.9. The van der Waals surface area contributed by atoms with Crippen LogP contribution in [0, 0.1) is 0 Å². The molecule has 0 fully saturated rings. The molecular weight excluding hydrogens is 218 g/mol. The van der Waals surface area contributed by atoms with Crippen LogP contribution in [0.15, 0.2) is 30.3 Å². The molecule has 0 bridgehead atoms. The second-order valence-corrected chi connectivity index (χ2v) is 3.76. The summed E-state index contributed by atoms with van der Waals surface area (Å²) in [5.41, 5.74) is 0.940. The van der Waals surface area contributed by atoms with E-state index in [2.05, 4.69) is 5.32 Å². The number of ether oxygens (including phenoxy) is 2. The van der Waals surface area contributed by atoms with Gasteiger partial charge in [-0.05, 0) is 0 Å². The number of hydrogen-bond donors (Lipinski definition) is 1. The standard InChI is InChI=1S/C13H19NO3/c1-11(15)14-10-9-13(16-2,17-3)12-7-5-4-6-8-12/h4-8H,9-10H2,1-3H3,(H,14,15). The molecule has 0 unspecified atom stereocenters. The normalized spacial score (nSPS) is 11.2. The van der Waals surface area contributed by atoms with Crippen LogP contribution in [0.1, 0.15) is 18.9 Å². The third-order valence-electron chi connectivity index (χ3n) is 2.70. The van der Waals surface area contributed by atoms with Crippen LogP contribution in [0.2, 0.25) is 0 Å². The van der Waals surface area contributed by atoms with Gasteiger partial charge in [-0.1, -0.05) is 30.3 Å². The van der Waals surface area contributed by atoms with Crippen molar-refractivity contribution in [2.45, 2.75) is 19.1 Å². The van der Waals surface area contributed by atoms with Crippen LogP contribution in [0.3, 0.4) is 0 Å². The lowest BCUT2D eigenvalue weighted by Crippen LogP contribution is -2.35. The van der Waals surface area contributed by atoms with Crippen LogP contribution in [-0.2, 0) is 20.1 Å². The Balaban J connectivity index is 2.78. The zero-order valence-corrected chi connectivity index (χ0v) is 10.5. The van der Waals surface area contributed by atoms with E-state index >= 15 is 0 Å². The van der Waals surface area contributed by atoms with E-state index in [9.17, 15) is 4.79 Å². The second kappa shape index (κ2) is 6.37. The predicted molar refractivity (Wildman–Crippen MR) is 65.4 cm³/mol. The molecule has 0 aliphatic carbocycles. The van der Waals surface area contributed by atoms with Crippen LogP contribution in [-0.4, -0.2) is 26.7 Å². The van der Waals surface area contributed by atoms with Gasteiger partial charge in [-0.3, -0.25) is 4.79 Å². The highest BCUT2D eigenvalue weighted by Gasteiger charge is 2.31. The number of benzene rings is 1. The van der Waals surface area contributed by atoms with Gasteiger partial charge in [0, 0.05) is 39.7 Å². The summed E-state index contributed by atoms with van der Waals surface area (Å²) in [4.78, 5) is 10.9. The Kier molecular flexibility index (Phi) is 5.12. The minimum Gasteiger partial charge on any atom is -0.356 e. The van der Waals surface area contributed by atoms with Gasteiger partial charge < -0.3 is 14.8 Å². The van der Waals surface area contributed by atoms with E-state index in [1.54, 1.807) is 14.2 Å². The average Bonchev–Trinajstić information content (AvgIpc) is 2.36. The van der Waals surface area contributed by atoms with Crippen molar-refractivity contribution in [2.24, 2.45) is 0 Å². The van der Waals surface area contributed by atoms with Crippen molar-refractivity contribution in [3.63, 3.8) is 0 Å². The zero-order chi connectivity index (χ0) is 12.7. The summed E-state index contributed by atoms with van der Waals surface area (Å²) in [5, 5.41) is 2.74. The molecule has 4 nitrogen and oxygen atoms in total. The molecular formula is C13H19NO3. The maximum absolute atomic E-state index is 10.9. The van der Waals surface area contributed by atoms with Gasteiger partial charge >= 0.3 is 0 Å². The fourth-order valence-electron chi connectivity index (χ4n) is 1.76. The minimum absolute atomic E-state index is 0.0563. The Bertz CT molecular complexity index is 347. The molecule has 0 saturated carbocycles. The first-order valence-corrected chi connectivity index (χ1v) is 5.55. The van der Waals surface area contributed by atoms with Gasteiger partial charge in [0.2, 0.25) is 5.91 Å². The average molecular weight is 237 g/mol. The summed E-state index contributed by atoms with van der Waals surface area (Å²) >= 11 is 0. The van der Waals surface area contributed by atoms with E-state index in [4.69, 9.17) is 9.47 Å². The van der Waals surface area contributed by atoms with Crippen LogP contribution < -0.4 is 5.32 Å². The van der Waals surface area contributed by atoms with E-state index in [0.717, 1.165) is 5.56 Å². The summed E-state index contributed by atoms with van der Waals surface area (Å²) in [5.74, 6) is -0.858. The Morgan fingerprint density at radius 1 is 1.24 bits per heavy atom. The number of carbonyl (C=O) groups is 1. The number of nitrogens with one attached hydrogen (secondary N) is 1. The van der Waals surface area contributed by atoms with Crippen LogP contribution in [0.4, 0.5) is 0 Å². The number of methoxy groups -OCH3 is 2. The minimum atomic E-state index is -0.802. The number of carbonyl (C=O) groups excluding carboxylic acids is 1. The topological polar surface area (TPSA) is 47.6 Å². The molecule has 1 aromatic rings. The zero-order valence-electron chi connectivity index (χ0n) is 10.5. The van der Waals surface area contributed by atoms with Gasteiger partial charge in [-0.25, -0.2) is 0 Å². The molecule has 17 heavy (non-hydrogen) atoms. The molecule has 0 spiro atoms. The van der Waals surface area contributed by atoms with E-state index in [-0.39, 0.29) is 5.91 Å². The van der Waals surface area contributed by atoms with Crippen LogP contribution >= 0.6 is 0 Å². The first-order valence-electron chi connectivity index (χ1n) is 5.55. The van der Waals surface area contributed by atoms with Gasteiger partial charge in [0.1, 0.15) is 0 Å². The molecule has 94 valence electrons. The first-order chi connectivity index (χ1) is 8.14. The molecule has 0 saturated heterocycles. The maximum Gasteiger partial charge on any atom is 0.216 e. The lowest BCUT2D eigenvalue weighted by Gasteiger charge is -2.31. The molecule has 0 radical (unpaired) electrons.